The number of carbonyl (C=O) groups is 1. The van der Waals surface area contributed by atoms with Crippen LogP contribution >= 0.6 is 11.6 Å². The monoisotopic (exact) mass is 282 g/mol. The third-order valence-electron chi connectivity index (χ3n) is 2.92. The van der Waals surface area contributed by atoms with E-state index in [1.54, 1.807) is 18.2 Å². The number of hydrogen-bond acceptors (Lipinski definition) is 4. The maximum absolute atomic E-state index is 11.7. The summed E-state index contributed by atoms with van der Waals surface area (Å²) in [6.45, 7) is 5.24. The van der Waals surface area contributed by atoms with Crippen LogP contribution in [0.2, 0.25) is 5.02 Å². The standard InChI is InChI=1S/C13H16BClO4/c1-13(2)7-18-14(19-8-13)11-6-9(15)4-5-10(11)12(16)17-3/h4-6H,7-8H2,1-3H3. The Morgan fingerprint density at radius 1 is 1.37 bits per heavy atom. The molecule has 0 aromatic heterocycles. The Morgan fingerprint density at radius 2 is 2.00 bits per heavy atom. The predicted molar refractivity (Wildman–Crippen MR) is 73.9 cm³/mol. The Kier molecular flexibility index (Phi) is 4.18. The van der Waals surface area contributed by atoms with E-state index < -0.39 is 13.1 Å². The summed E-state index contributed by atoms with van der Waals surface area (Å²) in [5, 5.41) is 0.527. The van der Waals surface area contributed by atoms with Crippen molar-refractivity contribution in [1.82, 2.24) is 0 Å². The van der Waals surface area contributed by atoms with Gasteiger partial charge in [-0.15, -0.1) is 0 Å². The van der Waals surface area contributed by atoms with Crippen LogP contribution in [0.5, 0.6) is 0 Å². The molecule has 19 heavy (non-hydrogen) atoms. The zero-order valence-corrected chi connectivity index (χ0v) is 12.0. The lowest BCUT2D eigenvalue weighted by molar-refractivity contribution is 0.0340. The molecule has 0 atom stereocenters. The van der Waals surface area contributed by atoms with Crippen molar-refractivity contribution >= 4 is 30.2 Å². The summed E-state index contributed by atoms with van der Waals surface area (Å²) in [6.07, 6.45) is 0. The Hall–Kier alpha value is -1.04. The number of methoxy groups -OCH3 is 1. The van der Waals surface area contributed by atoms with Crippen LogP contribution in [-0.4, -0.2) is 33.4 Å². The minimum atomic E-state index is -0.583. The van der Waals surface area contributed by atoms with E-state index in [4.69, 9.17) is 25.6 Å². The molecular weight excluding hydrogens is 266 g/mol. The smallest absolute Gasteiger partial charge is 0.465 e. The molecule has 1 fully saturated rings. The number of rotatable bonds is 2. The SMILES string of the molecule is COC(=O)c1ccc(Cl)cc1B1OCC(C)(C)CO1. The third kappa shape index (κ3) is 3.29. The van der Waals surface area contributed by atoms with Gasteiger partial charge in [0.25, 0.3) is 0 Å². The second-order valence-corrected chi connectivity index (χ2v) is 5.78. The highest BCUT2D eigenvalue weighted by Gasteiger charge is 2.36. The van der Waals surface area contributed by atoms with E-state index >= 15 is 0 Å². The minimum absolute atomic E-state index is 0.0273. The molecule has 1 heterocycles. The highest BCUT2D eigenvalue weighted by molar-refractivity contribution is 6.63. The quantitative estimate of drug-likeness (QED) is 0.614. The fraction of sp³-hybridized carbons (Fsp3) is 0.462. The summed E-state index contributed by atoms with van der Waals surface area (Å²) in [5.74, 6) is -0.427. The largest absolute Gasteiger partial charge is 0.494 e. The van der Waals surface area contributed by atoms with Gasteiger partial charge in [0.2, 0.25) is 0 Å². The third-order valence-corrected chi connectivity index (χ3v) is 3.16. The van der Waals surface area contributed by atoms with Crippen molar-refractivity contribution in [2.24, 2.45) is 5.41 Å². The van der Waals surface area contributed by atoms with E-state index in [0.29, 0.717) is 29.3 Å². The van der Waals surface area contributed by atoms with Crippen molar-refractivity contribution in [1.29, 1.82) is 0 Å². The first-order chi connectivity index (χ1) is 8.93. The molecule has 1 aliphatic rings. The number of ether oxygens (including phenoxy) is 1. The van der Waals surface area contributed by atoms with Gasteiger partial charge in [0.15, 0.2) is 0 Å². The lowest BCUT2D eigenvalue weighted by Crippen LogP contribution is -2.49. The molecule has 4 nitrogen and oxygen atoms in total. The molecule has 0 bridgehead atoms. The van der Waals surface area contributed by atoms with Crippen LogP contribution in [0.1, 0.15) is 24.2 Å². The second kappa shape index (κ2) is 5.53. The first-order valence-corrected chi connectivity index (χ1v) is 6.42. The highest BCUT2D eigenvalue weighted by atomic mass is 35.5. The first-order valence-electron chi connectivity index (χ1n) is 6.04. The van der Waals surface area contributed by atoms with Gasteiger partial charge in [0.1, 0.15) is 0 Å². The van der Waals surface area contributed by atoms with Gasteiger partial charge in [-0.25, -0.2) is 4.79 Å². The molecule has 0 aliphatic carbocycles. The first kappa shape index (κ1) is 14.4. The predicted octanol–water partition coefficient (Wildman–Crippen LogP) is 1.89. The van der Waals surface area contributed by atoms with E-state index in [1.807, 2.05) is 0 Å². The number of hydrogen-bond donors (Lipinski definition) is 0. The van der Waals surface area contributed by atoms with Crippen LogP contribution in [0, 0.1) is 5.41 Å². The molecule has 6 heteroatoms. The van der Waals surface area contributed by atoms with Crippen molar-refractivity contribution in [3.05, 3.63) is 28.8 Å². The maximum Gasteiger partial charge on any atom is 0.494 e. The molecule has 0 N–H and O–H groups in total. The fourth-order valence-corrected chi connectivity index (χ4v) is 2.08. The molecule has 0 spiro atoms. The van der Waals surface area contributed by atoms with Crippen molar-refractivity contribution in [3.8, 4) is 0 Å². The Bertz CT molecular complexity index is 480. The molecule has 1 aromatic rings. The number of halogens is 1. The van der Waals surface area contributed by atoms with E-state index in [1.165, 1.54) is 7.11 Å². The Balaban J connectivity index is 2.28. The van der Waals surface area contributed by atoms with Crippen LogP contribution in [-0.2, 0) is 14.0 Å². The number of benzene rings is 1. The normalized spacial score (nSPS) is 18.2. The van der Waals surface area contributed by atoms with Crippen molar-refractivity contribution < 1.29 is 18.8 Å². The Morgan fingerprint density at radius 3 is 2.58 bits per heavy atom. The fourth-order valence-electron chi connectivity index (χ4n) is 1.90. The van der Waals surface area contributed by atoms with Gasteiger partial charge in [0, 0.05) is 23.7 Å². The minimum Gasteiger partial charge on any atom is -0.465 e. The highest BCUT2D eigenvalue weighted by Crippen LogP contribution is 2.22. The molecule has 1 saturated heterocycles. The van der Waals surface area contributed by atoms with Crippen LogP contribution in [0.3, 0.4) is 0 Å². The lowest BCUT2D eigenvalue weighted by Gasteiger charge is -2.33. The van der Waals surface area contributed by atoms with Crippen molar-refractivity contribution in [2.75, 3.05) is 20.3 Å². The summed E-state index contributed by atoms with van der Waals surface area (Å²) < 4.78 is 16.1. The summed E-state index contributed by atoms with van der Waals surface area (Å²) in [6, 6.07) is 4.94. The maximum atomic E-state index is 11.7. The average molecular weight is 283 g/mol. The summed E-state index contributed by atoms with van der Waals surface area (Å²) in [7, 11) is 0.757. The van der Waals surface area contributed by atoms with Crippen LogP contribution < -0.4 is 5.46 Å². The van der Waals surface area contributed by atoms with Crippen LogP contribution in [0.25, 0.3) is 0 Å². The molecule has 102 valence electrons. The molecule has 2 rings (SSSR count). The second-order valence-electron chi connectivity index (χ2n) is 5.34. The molecular formula is C13H16BClO4. The van der Waals surface area contributed by atoms with E-state index in [0.717, 1.165) is 0 Å². The number of esters is 1. The summed E-state index contributed by atoms with van der Waals surface area (Å²) in [4.78, 5) is 11.7. The molecule has 0 saturated carbocycles. The van der Waals surface area contributed by atoms with Crippen molar-refractivity contribution in [2.45, 2.75) is 13.8 Å². The molecule has 1 aliphatic heterocycles. The van der Waals surface area contributed by atoms with Crippen molar-refractivity contribution in [3.63, 3.8) is 0 Å². The Labute approximate surface area is 118 Å². The van der Waals surface area contributed by atoms with Gasteiger partial charge >= 0.3 is 13.1 Å². The van der Waals surface area contributed by atoms with E-state index in [9.17, 15) is 4.79 Å². The molecule has 1 aromatic carbocycles. The molecule has 0 unspecified atom stereocenters. The van der Waals surface area contributed by atoms with E-state index in [2.05, 4.69) is 13.8 Å². The summed E-state index contributed by atoms with van der Waals surface area (Å²) in [5.41, 5.74) is 0.993. The topological polar surface area (TPSA) is 44.8 Å². The average Bonchev–Trinajstić information content (AvgIpc) is 2.38. The van der Waals surface area contributed by atoms with E-state index in [-0.39, 0.29) is 5.41 Å². The van der Waals surface area contributed by atoms with Gasteiger partial charge in [-0.05, 0) is 23.7 Å². The number of carbonyl (C=O) groups excluding carboxylic acids is 1. The zero-order valence-electron chi connectivity index (χ0n) is 11.2. The van der Waals surface area contributed by atoms with Gasteiger partial charge in [-0.1, -0.05) is 25.4 Å². The zero-order chi connectivity index (χ0) is 14.0. The lowest BCUT2D eigenvalue weighted by atomic mass is 9.73. The van der Waals surface area contributed by atoms with Gasteiger partial charge in [-0.2, -0.15) is 0 Å². The summed E-state index contributed by atoms with van der Waals surface area (Å²) >= 11 is 5.98. The van der Waals surface area contributed by atoms with Crippen LogP contribution in [0.4, 0.5) is 0 Å². The van der Waals surface area contributed by atoms with Crippen LogP contribution in [0.15, 0.2) is 18.2 Å². The molecule has 0 amide bonds. The van der Waals surface area contributed by atoms with Gasteiger partial charge in [0.05, 0.1) is 12.7 Å². The van der Waals surface area contributed by atoms with Gasteiger partial charge in [-0.3, -0.25) is 0 Å². The van der Waals surface area contributed by atoms with Gasteiger partial charge < -0.3 is 14.0 Å². The molecule has 0 radical (unpaired) electrons.